The van der Waals surface area contributed by atoms with Gasteiger partial charge in [-0.05, 0) is 42.3 Å². The van der Waals surface area contributed by atoms with E-state index in [1.54, 1.807) is 29.2 Å². The highest BCUT2D eigenvalue weighted by Gasteiger charge is 2.40. The first-order valence-electron chi connectivity index (χ1n) is 13.7. The lowest BCUT2D eigenvalue weighted by atomic mass is 9.93. The summed E-state index contributed by atoms with van der Waals surface area (Å²) in [6.45, 7) is 4.05. The van der Waals surface area contributed by atoms with Crippen molar-refractivity contribution in [2.45, 2.75) is 38.0 Å². The summed E-state index contributed by atoms with van der Waals surface area (Å²) >= 11 is 0. The quantitative estimate of drug-likeness (QED) is 0.274. The molecule has 5 rings (SSSR count). The molecule has 3 atom stereocenters. The number of amides is 1. The molecule has 1 fully saturated rings. The number of rotatable bonds is 5. The summed E-state index contributed by atoms with van der Waals surface area (Å²) in [5.74, 6) is 0.253. The van der Waals surface area contributed by atoms with E-state index in [4.69, 9.17) is 4.74 Å². The SMILES string of the molecule is Cc1ccccc1/C1=C/C(N2CCN(C=O)CC2)OC2=C(CNCN2)C(Cc2cc(C(F)(F)F)cc(C(F)(F)F)c2)[NH+]1[O-]. The van der Waals surface area contributed by atoms with Crippen molar-refractivity contribution in [3.05, 3.63) is 93.0 Å². The number of halogens is 6. The fourth-order valence-electron chi connectivity index (χ4n) is 5.62. The van der Waals surface area contributed by atoms with Gasteiger partial charge in [-0.3, -0.25) is 15.0 Å². The van der Waals surface area contributed by atoms with Crippen LogP contribution in [0.5, 0.6) is 0 Å². The summed E-state index contributed by atoms with van der Waals surface area (Å²) in [5.41, 5.74) is -1.15. The van der Waals surface area contributed by atoms with Crippen molar-refractivity contribution < 1.29 is 40.9 Å². The summed E-state index contributed by atoms with van der Waals surface area (Å²) in [4.78, 5) is 14.9. The van der Waals surface area contributed by atoms with E-state index in [2.05, 4.69) is 10.6 Å². The number of nitrogens with one attached hydrogen (secondary N) is 3. The molecule has 3 N–H and O–H groups in total. The lowest BCUT2D eigenvalue weighted by Gasteiger charge is -2.43. The Kier molecular flexibility index (Phi) is 8.75. The van der Waals surface area contributed by atoms with Crippen molar-refractivity contribution in [1.29, 1.82) is 0 Å². The van der Waals surface area contributed by atoms with E-state index in [-0.39, 0.29) is 36.4 Å². The van der Waals surface area contributed by atoms with Gasteiger partial charge in [0.05, 0.1) is 23.4 Å². The molecule has 232 valence electrons. The Hall–Kier alpha value is -3.59. The molecular formula is C29H31F6N5O3. The van der Waals surface area contributed by atoms with Crippen LogP contribution in [0.3, 0.4) is 0 Å². The average Bonchev–Trinajstić information content (AvgIpc) is 2.97. The molecule has 0 bridgehead atoms. The summed E-state index contributed by atoms with van der Waals surface area (Å²) in [5, 5.41) is 20.2. The van der Waals surface area contributed by atoms with Gasteiger partial charge in [0.25, 0.3) is 0 Å². The Balaban J connectivity index is 1.61. The predicted molar refractivity (Wildman–Crippen MR) is 145 cm³/mol. The van der Waals surface area contributed by atoms with Crippen LogP contribution in [0.15, 0.2) is 60.0 Å². The van der Waals surface area contributed by atoms with Crippen LogP contribution in [0.1, 0.15) is 27.8 Å². The maximum absolute atomic E-state index is 14.5. The number of hydrogen-bond acceptors (Lipinski definition) is 6. The van der Waals surface area contributed by atoms with E-state index >= 15 is 0 Å². The molecule has 0 radical (unpaired) electrons. The van der Waals surface area contributed by atoms with Gasteiger partial charge in [-0.1, -0.05) is 18.2 Å². The van der Waals surface area contributed by atoms with E-state index in [0.29, 0.717) is 49.4 Å². The zero-order valence-electron chi connectivity index (χ0n) is 23.2. The highest BCUT2D eigenvalue weighted by atomic mass is 19.4. The predicted octanol–water partition coefficient (Wildman–Crippen LogP) is 2.86. The number of hydrogen-bond donors (Lipinski definition) is 3. The second-order valence-electron chi connectivity index (χ2n) is 10.8. The van der Waals surface area contributed by atoms with Crippen LogP contribution in [-0.4, -0.2) is 67.9 Å². The zero-order valence-corrected chi connectivity index (χ0v) is 23.2. The number of carbonyl (C=O) groups excluding carboxylic acids is 1. The molecule has 8 nitrogen and oxygen atoms in total. The maximum Gasteiger partial charge on any atom is 0.416 e. The minimum atomic E-state index is -5.02. The van der Waals surface area contributed by atoms with Gasteiger partial charge < -0.3 is 25.2 Å². The van der Waals surface area contributed by atoms with Gasteiger partial charge in [-0.15, -0.1) is 0 Å². The monoisotopic (exact) mass is 611 g/mol. The van der Waals surface area contributed by atoms with E-state index in [1.807, 2.05) is 17.9 Å². The van der Waals surface area contributed by atoms with Crippen molar-refractivity contribution in [1.82, 2.24) is 20.4 Å². The van der Waals surface area contributed by atoms with Crippen molar-refractivity contribution in [3.8, 4) is 0 Å². The van der Waals surface area contributed by atoms with Crippen LogP contribution in [-0.2, 0) is 28.3 Å². The van der Waals surface area contributed by atoms with Crippen LogP contribution in [0.25, 0.3) is 5.70 Å². The topological polar surface area (TPSA) is 84.3 Å². The molecule has 1 saturated heterocycles. The molecule has 1 amide bonds. The maximum atomic E-state index is 14.5. The number of alkyl halides is 6. The van der Waals surface area contributed by atoms with Crippen molar-refractivity contribution in [2.24, 2.45) is 0 Å². The third-order valence-corrected chi connectivity index (χ3v) is 7.91. The Bertz CT molecular complexity index is 1370. The smallest absolute Gasteiger partial charge is 0.416 e. The Morgan fingerprint density at radius 1 is 1.02 bits per heavy atom. The van der Waals surface area contributed by atoms with E-state index in [0.717, 1.165) is 12.0 Å². The molecule has 3 unspecified atom stereocenters. The number of carbonyl (C=O) groups is 1. The van der Waals surface area contributed by atoms with Gasteiger partial charge in [0.1, 0.15) is 11.7 Å². The first-order chi connectivity index (χ1) is 20.3. The molecule has 3 heterocycles. The Morgan fingerprint density at radius 3 is 2.28 bits per heavy atom. The second-order valence-corrected chi connectivity index (χ2v) is 10.8. The molecule has 3 aliphatic heterocycles. The first kappa shape index (κ1) is 30.9. The lowest BCUT2D eigenvalue weighted by molar-refractivity contribution is -0.793. The van der Waals surface area contributed by atoms with Gasteiger partial charge in [0.2, 0.25) is 6.41 Å². The minimum Gasteiger partial charge on any atom is -0.628 e. The molecule has 3 aliphatic rings. The van der Waals surface area contributed by atoms with Gasteiger partial charge in [-0.25, -0.2) is 0 Å². The fraction of sp³-hybridized carbons (Fsp3) is 0.414. The molecule has 0 spiro atoms. The zero-order chi connectivity index (χ0) is 30.9. The van der Waals surface area contributed by atoms with Crippen molar-refractivity contribution in [2.75, 3.05) is 39.4 Å². The van der Waals surface area contributed by atoms with E-state index in [9.17, 15) is 36.3 Å². The fourth-order valence-corrected chi connectivity index (χ4v) is 5.62. The van der Waals surface area contributed by atoms with Crippen LogP contribution >= 0.6 is 0 Å². The standard InChI is InChI=1S/C29H31F6N5O3/c1-18-4-2-3-5-22(18)25-14-26(39-8-6-38(17-41)7-9-39)43-27-23(15-36-16-37-27)24(40(25)42)12-19-10-20(28(30,31)32)13-21(11-19)29(33,34)35/h2-5,10-11,13-14,17,24,26,36-37,40H,6-9,12,15-16H2,1H3/b25-14-. The highest BCUT2D eigenvalue weighted by Crippen LogP contribution is 2.37. The molecule has 0 saturated carbocycles. The summed E-state index contributed by atoms with van der Waals surface area (Å²) < 4.78 is 88.3. The molecule has 43 heavy (non-hydrogen) atoms. The summed E-state index contributed by atoms with van der Waals surface area (Å²) in [6.07, 6.45) is -8.75. The number of nitrogens with zero attached hydrogens (tertiary/aromatic N) is 2. The molecule has 14 heteroatoms. The normalized spacial score (nSPS) is 25.1. The van der Waals surface area contributed by atoms with Crippen molar-refractivity contribution >= 4 is 12.1 Å². The largest absolute Gasteiger partial charge is 0.628 e. The molecule has 2 aromatic carbocycles. The van der Waals surface area contributed by atoms with Gasteiger partial charge in [0.15, 0.2) is 12.1 Å². The number of hydroxylamine groups is 2. The number of aryl methyl sites for hydroxylation is 1. The molecule has 2 aromatic rings. The van der Waals surface area contributed by atoms with E-state index in [1.165, 1.54) is 0 Å². The summed E-state index contributed by atoms with van der Waals surface area (Å²) in [7, 11) is 0. The number of quaternary nitrogens is 1. The lowest BCUT2D eigenvalue weighted by Crippen LogP contribution is -3.09. The Labute approximate surface area is 244 Å². The van der Waals surface area contributed by atoms with Crippen LogP contribution in [0.2, 0.25) is 0 Å². The molecule has 0 aromatic heterocycles. The number of benzene rings is 2. The van der Waals surface area contributed by atoms with Gasteiger partial charge in [0, 0.05) is 50.8 Å². The van der Waals surface area contributed by atoms with Crippen molar-refractivity contribution in [3.63, 3.8) is 0 Å². The highest BCUT2D eigenvalue weighted by molar-refractivity contribution is 5.62. The van der Waals surface area contributed by atoms with Crippen LogP contribution in [0, 0.1) is 12.1 Å². The summed E-state index contributed by atoms with van der Waals surface area (Å²) in [6, 6.07) is 7.39. The second kappa shape index (κ2) is 12.2. The van der Waals surface area contributed by atoms with Gasteiger partial charge >= 0.3 is 12.4 Å². The van der Waals surface area contributed by atoms with Crippen LogP contribution in [0.4, 0.5) is 26.3 Å². The van der Waals surface area contributed by atoms with E-state index < -0.39 is 47.2 Å². The third kappa shape index (κ3) is 6.82. The minimum absolute atomic E-state index is 0.0780. The van der Waals surface area contributed by atoms with Gasteiger partial charge in [-0.2, -0.15) is 26.3 Å². The number of piperazine rings is 1. The van der Waals surface area contributed by atoms with Crippen LogP contribution < -0.4 is 15.7 Å². The molecular weight excluding hydrogens is 580 g/mol. The number of ether oxygens (including phenoxy) is 1. The Morgan fingerprint density at radius 2 is 1.67 bits per heavy atom. The first-order valence-corrected chi connectivity index (χ1v) is 13.7. The average molecular weight is 612 g/mol. The molecule has 0 aliphatic carbocycles. The third-order valence-electron chi connectivity index (χ3n) is 7.91.